The maximum absolute atomic E-state index is 13.2. The fourth-order valence-corrected chi connectivity index (χ4v) is 4.12. The van der Waals surface area contributed by atoms with Crippen LogP contribution in [0.4, 0.5) is 0 Å². The lowest BCUT2D eigenvalue weighted by Crippen LogP contribution is -2.30. The Bertz CT molecular complexity index is 1010. The third-order valence-corrected chi connectivity index (χ3v) is 5.90. The number of hydrogen-bond donors (Lipinski definition) is 1. The van der Waals surface area contributed by atoms with Crippen molar-refractivity contribution in [2.45, 2.75) is 45.6 Å². The van der Waals surface area contributed by atoms with Crippen molar-refractivity contribution in [2.24, 2.45) is 0 Å². The Labute approximate surface area is 176 Å². The number of fused-ring (bicyclic) bond motifs is 1. The van der Waals surface area contributed by atoms with E-state index in [1.807, 2.05) is 29.2 Å². The number of rotatable bonds is 6. The van der Waals surface area contributed by atoms with E-state index >= 15 is 0 Å². The van der Waals surface area contributed by atoms with Gasteiger partial charge in [-0.05, 0) is 35.6 Å². The van der Waals surface area contributed by atoms with Crippen molar-refractivity contribution in [3.8, 4) is 11.3 Å². The second-order valence-corrected chi connectivity index (χ2v) is 8.38. The number of carbonyl (C=O) groups is 1. The van der Waals surface area contributed by atoms with Crippen LogP contribution in [0.2, 0.25) is 5.02 Å². The predicted molar refractivity (Wildman–Crippen MR) is 117 cm³/mol. The molecule has 5 heteroatoms. The molecule has 0 spiro atoms. The van der Waals surface area contributed by atoms with E-state index in [0.29, 0.717) is 16.6 Å². The minimum Gasteiger partial charge on any atom is -0.326 e. The van der Waals surface area contributed by atoms with Gasteiger partial charge in [-0.3, -0.25) is 9.89 Å². The Hall–Kier alpha value is -2.59. The molecule has 1 N–H and O–H groups in total. The van der Waals surface area contributed by atoms with Gasteiger partial charge in [-0.2, -0.15) is 5.10 Å². The molecule has 0 saturated heterocycles. The third-order valence-electron chi connectivity index (χ3n) is 5.65. The third kappa shape index (κ3) is 3.58. The molecule has 3 aromatic rings. The van der Waals surface area contributed by atoms with Gasteiger partial charge in [0.15, 0.2) is 0 Å². The van der Waals surface area contributed by atoms with Gasteiger partial charge in [-0.25, -0.2) is 0 Å². The lowest BCUT2D eigenvalue weighted by molar-refractivity contribution is 0.0741. The predicted octanol–water partition coefficient (Wildman–Crippen LogP) is 6.20. The zero-order valence-corrected chi connectivity index (χ0v) is 17.8. The van der Waals surface area contributed by atoms with E-state index in [1.165, 1.54) is 5.56 Å². The molecule has 1 aliphatic heterocycles. The molecule has 1 aromatic heterocycles. The molecule has 1 amide bonds. The number of amides is 1. The van der Waals surface area contributed by atoms with Gasteiger partial charge in [-0.15, -0.1) is 0 Å². The Kier molecular flexibility index (Phi) is 5.46. The molecule has 1 atom stereocenters. The van der Waals surface area contributed by atoms with Crippen LogP contribution in [0.1, 0.15) is 72.8 Å². The van der Waals surface area contributed by atoms with Gasteiger partial charge in [-0.1, -0.05) is 75.2 Å². The average molecular weight is 408 g/mol. The van der Waals surface area contributed by atoms with Crippen LogP contribution in [-0.2, 0) is 0 Å². The van der Waals surface area contributed by atoms with Crippen LogP contribution < -0.4 is 0 Å². The first-order valence-electron chi connectivity index (χ1n) is 10.3. The van der Waals surface area contributed by atoms with Gasteiger partial charge >= 0.3 is 0 Å². The minimum atomic E-state index is -0.130. The van der Waals surface area contributed by atoms with E-state index < -0.39 is 0 Å². The van der Waals surface area contributed by atoms with E-state index in [4.69, 9.17) is 11.6 Å². The number of carbonyl (C=O) groups excluding carboxylic acids is 1. The number of halogens is 1. The molecule has 0 radical (unpaired) electrons. The molecule has 2 aromatic carbocycles. The fourth-order valence-electron chi connectivity index (χ4n) is 3.99. The Morgan fingerprint density at radius 3 is 2.41 bits per heavy atom. The molecule has 0 aliphatic carbocycles. The average Bonchev–Trinajstić information content (AvgIpc) is 3.26. The number of H-pyrrole nitrogens is 1. The summed E-state index contributed by atoms with van der Waals surface area (Å²) in [5.41, 5.74) is 5.76. The summed E-state index contributed by atoms with van der Waals surface area (Å²) in [4.78, 5) is 15.2. The van der Waals surface area contributed by atoms with Crippen LogP contribution in [-0.4, -0.2) is 27.5 Å². The lowest BCUT2D eigenvalue weighted by atomic mass is 9.93. The zero-order valence-electron chi connectivity index (χ0n) is 17.1. The summed E-state index contributed by atoms with van der Waals surface area (Å²) in [6.07, 6.45) is 2.01. The number of aromatic amines is 1. The normalized spacial score (nSPS) is 16.0. The van der Waals surface area contributed by atoms with E-state index in [0.717, 1.165) is 41.8 Å². The standard InChI is InChI=1S/C24H26ClN3O/c1-4-5-14-28-23(18-8-6-16(7-9-18)15(2)3)20-21(26-27-22(20)24(28)29)17-10-12-19(25)13-11-17/h6-13,15,23H,4-5,14H2,1-3H3,(H,26,27). The molecule has 1 aliphatic rings. The van der Waals surface area contributed by atoms with E-state index in [-0.39, 0.29) is 11.9 Å². The maximum Gasteiger partial charge on any atom is 0.273 e. The van der Waals surface area contributed by atoms with Crippen LogP contribution in [0.3, 0.4) is 0 Å². The number of nitrogens with zero attached hydrogens (tertiary/aromatic N) is 2. The highest BCUT2D eigenvalue weighted by Crippen LogP contribution is 2.43. The van der Waals surface area contributed by atoms with Crippen LogP contribution in [0.5, 0.6) is 0 Å². The molecule has 0 saturated carbocycles. The number of aromatic nitrogens is 2. The van der Waals surface area contributed by atoms with Crippen molar-refractivity contribution in [2.75, 3.05) is 6.54 Å². The van der Waals surface area contributed by atoms with Gasteiger partial charge in [0, 0.05) is 22.7 Å². The molecule has 1 unspecified atom stereocenters. The molecule has 4 rings (SSSR count). The topological polar surface area (TPSA) is 49.0 Å². The monoisotopic (exact) mass is 407 g/mol. The van der Waals surface area contributed by atoms with Gasteiger partial charge in [0.05, 0.1) is 11.7 Å². The van der Waals surface area contributed by atoms with Crippen LogP contribution in [0.15, 0.2) is 48.5 Å². The van der Waals surface area contributed by atoms with Crippen molar-refractivity contribution in [3.05, 3.63) is 75.9 Å². The van der Waals surface area contributed by atoms with Crippen LogP contribution in [0, 0.1) is 0 Å². The Morgan fingerprint density at radius 2 is 1.79 bits per heavy atom. The minimum absolute atomic E-state index is 0.0269. The highest BCUT2D eigenvalue weighted by molar-refractivity contribution is 6.30. The molecule has 150 valence electrons. The van der Waals surface area contributed by atoms with Gasteiger partial charge < -0.3 is 4.90 Å². The van der Waals surface area contributed by atoms with E-state index in [2.05, 4.69) is 55.2 Å². The summed E-state index contributed by atoms with van der Waals surface area (Å²) in [6.45, 7) is 7.25. The van der Waals surface area contributed by atoms with E-state index in [1.54, 1.807) is 0 Å². The van der Waals surface area contributed by atoms with Crippen molar-refractivity contribution in [1.82, 2.24) is 15.1 Å². The molecule has 2 heterocycles. The zero-order chi connectivity index (χ0) is 20.5. The lowest BCUT2D eigenvalue weighted by Gasteiger charge is -2.26. The van der Waals surface area contributed by atoms with E-state index in [9.17, 15) is 4.79 Å². The van der Waals surface area contributed by atoms with Crippen molar-refractivity contribution in [3.63, 3.8) is 0 Å². The highest BCUT2D eigenvalue weighted by Gasteiger charge is 2.41. The fraction of sp³-hybridized carbons (Fsp3) is 0.333. The van der Waals surface area contributed by atoms with Crippen LogP contribution in [0.25, 0.3) is 11.3 Å². The summed E-state index contributed by atoms with van der Waals surface area (Å²) in [7, 11) is 0. The molecule has 4 nitrogen and oxygen atoms in total. The largest absolute Gasteiger partial charge is 0.326 e. The number of nitrogens with one attached hydrogen (secondary N) is 1. The molecular weight excluding hydrogens is 382 g/mol. The smallest absolute Gasteiger partial charge is 0.273 e. The maximum atomic E-state index is 13.2. The molecular formula is C24H26ClN3O. The highest BCUT2D eigenvalue weighted by atomic mass is 35.5. The van der Waals surface area contributed by atoms with Crippen LogP contribution >= 0.6 is 11.6 Å². The summed E-state index contributed by atoms with van der Waals surface area (Å²) in [5, 5.41) is 8.20. The van der Waals surface area contributed by atoms with Gasteiger partial charge in [0.2, 0.25) is 0 Å². The molecule has 0 bridgehead atoms. The van der Waals surface area contributed by atoms with Gasteiger partial charge in [0.25, 0.3) is 5.91 Å². The Balaban J connectivity index is 1.82. The summed E-state index contributed by atoms with van der Waals surface area (Å²) in [6, 6.07) is 16.1. The van der Waals surface area contributed by atoms with Crippen molar-refractivity contribution >= 4 is 17.5 Å². The summed E-state index contributed by atoms with van der Waals surface area (Å²) >= 11 is 6.07. The number of benzene rings is 2. The molecule has 29 heavy (non-hydrogen) atoms. The summed E-state index contributed by atoms with van der Waals surface area (Å²) in [5.74, 6) is 0.499. The number of unbranched alkanes of at least 4 members (excludes halogenated alkanes) is 1. The second kappa shape index (κ2) is 8.03. The first-order valence-corrected chi connectivity index (χ1v) is 10.6. The van der Waals surface area contributed by atoms with Gasteiger partial charge in [0.1, 0.15) is 5.69 Å². The Morgan fingerprint density at radius 1 is 1.10 bits per heavy atom. The number of hydrogen-bond acceptors (Lipinski definition) is 2. The van der Waals surface area contributed by atoms with Crippen molar-refractivity contribution in [1.29, 1.82) is 0 Å². The van der Waals surface area contributed by atoms with Crippen molar-refractivity contribution < 1.29 is 4.79 Å². The second-order valence-electron chi connectivity index (χ2n) is 7.94. The molecule has 0 fully saturated rings. The first kappa shape index (κ1) is 19.7. The SMILES string of the molecule is CCCCN1C(=O)c2[nH]nc(-c3ccc(Cl)cc3)c2C1c1ccc(C(C)C)cc1. The quantitative estimate of drug-likeness (QED) is 0.528. The summed E-state index contributed by atoms with van der Waals surface area (Å²) < 4.78 is 0. The first-order chi connectivity index (χ1) is 14.0.